The van der Waals surface area contributed by atoms with Crippen LogP contribution in [0.3, 0.4) is 0 Å². The Morgan fingerprint density at radius 2 is 1.97 bits per heavy atom. The molecule has 0 amide bonds. The molecule has 0 aliphatic heterocycles. The standard InChI is InChI=1S/C27H27NO3S/c1-15-7-6-8-18(13-15)31-22-12-11-16(2)25-24(22)20(27(29)30)14-21(28-25)26-17(3)19-9-4-5-10-23(19)32-26/h4-5,9-12,14-15,18H,6-8,13H2,1-3H3,(H,29,30). The van der Waals surface area contributed by atoms with Crippen LogP contribution >= 0.6 is 11.3 Å². The van der Waals surface area contributed by atoms with Crippen LogP contribution in [0.4, 0.5) is 0 Å². The highest BCUT2D eigenvalue weighted by atomic mass is 32.1. The molecule has 2 heterocycles. The lowest BCUT2D eigenvalue weighted by atomic mass is 9.88. The Labute approximate surface area is 191 Å². The van der Waals surface area contributed by atoms with Gasteiger partial charge in [0.15, 0.2) is 0 Å². The summed E-state index contributed by atoms with van der Waals surface area (Å²) < 4.78 is 7.58. The molecule has 0 spiro atoms. The fourth-order valence-corrected chi connectivity index (χ4v) is 6.08. The zero-order valence-electron chi connectivity index (χ0n) is 18.6. The van der Waals surface area contributed by atoms with Gasteiger partial charge in [0.05, 0.1) is 33.1 Å². The number of ether oxygens (including phenoxy) is 1. The van der Waals surface area contributed by atoms with Crippen molar-refractivity contribution in [3.05, 3.63) is 59.2 Å². The van der Waals surface area contributed by atoms with Crippen LogP contribution in [-0.2, 0) is 0 Å². The van der Waals surface area contributed by atoms with Crippen LogP contribution in [0.25, 0.3) is 31.6 Å². The largest absolute Gasteiger partial charge is 0.490 e. The van der Waals surface area contributed by atoms with E-state index in [-0.39, 0.29) is 11.7 Å². The van der Waals surface area contributed by atoms with Crippen LogP contribution in [-0.4, -0.2) is 22.2 Å². The van der Waals surface area contributed by atoms with Gasteiger partial charge in [0.2, 0.25) is 0 Å². The predicted octanol–water partition coefficient (Wildman–Crippen LogP) is 7.39. The van der Waals surface area contributed by atoms with Crippen LogP contribution in [0.1, 0.15) is 54.1 Å². The quantitative estimate of drug-likeness (QED) is 0.356. The van der Waals surface area contributed by atoms with Crippen molar-refractivity contribution >= 4 is 38.3 Å². The summed E-state index contributed by atoms with van der Waals surface area (Å²) in [5.74, 6) is 0.309. The van der Waals surface area contributed by atoms with E-state index in [2.05, 4.69) is 26.0 Å². The number of carboxylic acid groups (broad SMARTS) is 1. The molecule has 1 saturated carbocycles. The molecule has 2 aromatic carbocycles. The first kappa shape index (κ1) is 21.0. The second-order valence-corrected chi connectivity index (χ2v) is 10.1. The predicted molar refractivity (Wildman–Crippen MR) is 131 cm³/mol. The molecule has 4 nitrogen and oxygen atoms in total. The minimum Gasteiger partial charge on any atom is -0.490 e. The van der Waals surface area contributed by atoms with Crippen LogP contribution < -0.4 is 4.74 Å². The molecule has 2 atom stereocenters. The molecule has 4 aromatic rings. The molecule has 0 bridgehead atoms. The molecule has 1 aliphatic rings. The molecule has 2 unspecified atom stereocenters. The third-order valence-corrected chi connectivity index (χ3v) is 7.91. The summed E-state index contributed by atoms with van der Waals surface area (Å²) in [5.41, 5.74) is 3.75. The van der Waals surface area contributed by atoms with E-state index in [1.54, 1.807) is 17.4 Å². The number of rotatable bonds is 4. The Balaban J connectivity index is 1.68. The van der Waals surface area contributed by atoms with Crippen molar-refractivity contribution in [3.8, 4) is 16.3 Å². The SMILES string of the molecule is Cc1c(-c2cc(C(=O)O)c3c(OC4CCCC(C)C4)ccc(C)c3n2)sc2ccccc12. The molecule has 5 rings (SSSR count). The van der Waals surface area contributed by atoms with Gasteiger partial charge in [-0.05, 0) is 73.7 Å². The van der Waals surface area contributed by atoms with Gasteiger partial charge >= 0.3 is 5.97 Å². The summed E-state index contributed by atoms with van der Waals surface area (Å²) in [5, 5.41) is 11.9. The summed E-state index contributed by atoms with van der Waals surface area (Å²) in [6.07, 6.45) is 4.51. The maximum Gasteiger partial charge on any atom is 0.336 e. The number of aromatic carboxylic acids is 1. The zero-order valence-corrected chi connectivity index (χ0v) is 19.5. The molecule has 164 valence electrons. The number of hydrogen-bond acceptors (Lipinski definition) is 4. The number of benzene rings is 2. The lowest BCUT2D eigenvalue weighted by Crippen LogP contribution is -2.24. The zero-order chi connectivity index (χ0) is 22.4. The van der Waals surface area contributed by atoms with Crippen LogP contribution in [0, 0.1) is 19.8 Å². The maximum atomic E-state index is 12.4. The molecule has 0 saturated heterocycles. The summed E-state index contributed by atoms with van der Waals surface area (Å²) in [6.45, 7) is 6.32. The molecule has 5 heteroatoms. The normalized spacial score (nSPS) is 18.8. The van der Waals surface area contributed by atoms with Gasteiger partial charge in [-0.1, -0.05) is 37.6 Å². The van der Waals surface area contributed by atoms with Crippen molar-refractivity contribution in [2.24, 2.45) is 5.92 Å². The van der Waals surface area contributed by atoms with Crippen molar-refractivity contribution in [2.45, 2.75) is 52.6 Å². The smallest absolute Gasteiger partial charge is 0.336 e. The minimum atomic E-state index is -0.954. The second kappa shape index (κ2) is 8.21. The highest BCUT2D eigenvalue weighted by Crippen LogP contribution is 2.41. The van der Waals surface area contributed by atoms with E-state index >= 15 is 0 Å². The number of aryl methyl sites for hydroxylation is 2. The van der Waals surface area contributed by atoms with Crippen molar-refractivity contribution in [2.75, 3.05) is 0 Å². The third kappa shape index (κ3) is 3.65. The van der Waals surface area contributed by atoms with Gasteiger partial charge in [0, 0.05) is 4.70 Å². The molecular formula is C27H27NO3S. The molecule has 1 fully saturated rings. The van der Waals surface area contributed by atoms with Gasteiger partial charge in [0.1, 0.15) is 5.75 Å². The van der Waals surface area contributed by atoms with E-state index in [9.17, 15) is 9.90 Å². The number of pyridine rings is 1. The highest BCUT2D eigenvalue weighted by molar-refractivity contribution is 7.22. The molecule has 0 radical (unpaired) electrons. The average molecular weight is 446 g/mol. The number of carboxylic acids is 1. The number of fused-ring (bicyclic) bond motifs is 2. The average Bonchev–Trinajstić information content (AvgIpc) is 3.12. The van der Waals surface area contributed by atoms with E-state index in [0.29, 0.717) is 28.3 Å². The van der Waals surface area contributed by atoms with E-state index in [0.717, 1.165) is 35.3 Å². The van der Waals surface area contributed by atoms with Gasteiger partial charge in [-0.3, -0.25) is 0 Å². The second-order valence-electron chi connectivity index (χ2n) is 9.03. The first-order valence-electron chi connectivity index (χ1n) is 11.2. The third-order valence-electron chi connectivity index (χ3n) is 6.61. The maximum absolute atomic E-state index is 12.4. The summed E-state index contributed by atoms with van der Waals surface area (Å²) in [7, 11) is 0. The lowest BCUT2D eigenvalue weighted by molar-refractivity contribution is 0.0698. The van der Waals surface area contributed by atoms with Crippen LogP contribution in [0.5, 0.6) is 5.75 Å². The van der Waals surface area contributed by atoms with E-state index in [1.807, 2.05) is 31.2 Å². The number of carbonyl (C=O) groups is 1. The van der Waals surface area contributed by atoms with Crippen LogP contribution in [0.15, 0.2) is 42.5 Å². The van der Waals surface area contributed by atoms with E-state index in [4.69, 9.17) is 9.72 Å². The van der Waals surface area contributed by atoms with Gasteiger partial charge in [-0.15, -0.1) is 11.3 Å². The van der Waals surface area contributed by atoms with Gasteiger partial charge in [-0.25, -0.2) is 9.78 Å². The lowest BCUT2D eigenvalue weighted by Gasteiger charge is -2.28. The van der Waals surface area contributed by atoms with Gasteiger partial charge < -0.3 is 9.84 Å². The van der Waals surface area contributed by atoms with Gasteiger partial charge in [0.25, 0.3) is 0 Å². The Morgan fingerprint density at radius 3 is 2.72 bits per heavy atom. The summed E-state index contributed by atoms with van der Waals surface area (Å²) in [4.78, 5) is 18.4. The van der Waals surface area contributed by atoms with Gasteiger partial charge in [-0.2, -0.15) is 0 Å². The Morgan fingerprint density at radius 1 is 1.16 bits per heavy atom. The fraction of sp³-hybridized carbons (Fsp3) is 0.333. The Kier molecular flexibility index (Phi) is 5.38. The van der Waals surface area contributed by atoms with Crippen LogP contribution in [0.2, 0.25) is 0 Å². The van der Waals surface area contributed by atoms with Crippen molar-refractivity contribution in [1.29, 1.82) is 0 Å². The minimum absolute atomic E-state index is 0.121. The molecular weight excluding hydrogens is 418 g/mol. The Hall–Kier alpha value is -2.92. The number of nitrogens with zero attached hydrogens (tertiary/aromatic N) is 1. The first-order valence-corrected chi connectivity index (χ1v) is 12.1. The summed E-state index contributed by atoms with van der Waals surface area (Å²) >= 11 is 1.66. The first-order chi connectivity index (χ1) is 15.4. The van der Waals surface area contributed by atoms with E-state index in [1.165, 1.54) is 16.5 Å². The monoisotopic (exact) mass is 445 g/mol. The number of hydrogen-bond donors (Lipinski definition) is 1. The van der Waals surface area contributed by atoms with Crippen molar-refractivity contribution < 1.29 is 14.6 Å². The number of thiophene rings is 1. The van der Waals surface area contributed by atoms with Crippen molar-refractivity contribution in [1.82, 2.24) is 4.98 Å². The van der Waals surface area contributed by atoms with E-state index < -0.39 is 5.97 Å². The highest BCUT2D eigenvalue weighted by Gasteiger charge is 2.24. The molecule has 2 aromatic heterocycles. The molecule has 1 aliphatic carbocycles. The fourth-order valence-electron chi connectivity index (χ4n) is 4.91. The number of aromatic nitrogens is 1. The molecule has 1 N–H and O–H groups in total. The van der Waals surface area contributed by atoms with Crippen molar-refractivity contribution in [3.63, 3.8) is 0 Å². The molecule has 32 heavy (non-hydrogen) atoms. The Bertz CT molecular complexity index is 1340. The topological polar surface area (TPSA) is 59.4 Å². The summed E-state index contributed by atoms with van der Waals surface area (Å²) in [6, 6.07) is 13.9.